The van der Waals surface area contributed by atoms with Crippen molar-refractivity contribution >= 4 is 5.91 Å². The predicted molar refractivity (Wildman–Crippen MR) is 84.0 cm³/mol. The molecule has 1 fully saturated rings. The van der Waals surface area contributed by atoms with Crippen LogP contribution in [0.5, 0.6) is 5.75 Å². The van der Waals surface area contributed by atoms with Crippen LogP contribution in [0.3, 0.4) is 0 Å². The minimum Gasteiger partial charge on any atom is -0.486 e. The molecule has 4 rings (SSSR count). The van der Waals surface area contributed by atoms with E-state index in [9.17, 15) is 9.18 Å². The number of carbonyl (C=O) groups is 1. The zero-order chi connectivity index (χ0) is 16.7. The van der Waals surface area contributed by atoms with Crippen LogP contribution < -0.4 is 4.74 Å². The van der Waals surface area contributed by atoms with Crippen molar-refractivity contribution in [3.05, 3.63) is 53.9 Å². The van der Waals surface area contributed by atoms with E-state index in [1.807, 2.05) is 0 Å². The molecule has 3 heterocycles. The highest BCUT2D eigenvalue weighted by Gasteiger charge is 2.42. The molecule has 0 saturated carbocycles. The van der Waals surface area contributed by atoms with E-state index in [4.69, 9.17) is 4.74 Å². The third kappa shape index (κ3) is 2.60. The lowest BCUT2D eigenvalue weighted by atomic mass is 10.1. The van der Waals surface area contributed by atoms with Gasteiger partial charge in [0.15, 0.2) is 0 Å². The average Bonchev–Trinajstić information content (AvgIpc) is 2.93. The predicted octanol–water partition coefficient (Wildman–Crippen LogP) is 1.33. The molecule has 0 unspecified atom stereocenters. The molecule has 2 aliphatic heterocycles. The number of fused-ring (bicyclic) bond motifs is 2. The Kier molecular flexibility index (Phi) is 3.65. The first kappa shape index (κ1) is 15.0. The summed E-state index contributed by atoms with van der Waals surface area (Å²) in [6.07, 6.45) is 4.87. The van der Waals surface area contributed by atoms with Crippen LogP contribution in [0.25, 0.3) is 0 Å². The fraction of sp³-hybridized carbons (Fsp3) is 0.353. The Bertz CT molecular complexity index is 770. The molecule has 2 atom stereocenters. The third-order valence-electron chi connectivity index (χ3n) is 4.60. The van der Waals surface area contributed by atoms with Gasteiger partial charge in [0.1, 0.15) is 24.0 Å². The first-order valence-corrected chi connectivity index (χ1v) is 7.81. The van der Waals surface area contributed by atoms with Crippen molar-refractivity contribution in [2.75, 3.05) is 20.1 Å². The van der Waals surface area contributed by atoms with Crippen LogP contribution in [0.1, 0.15) is 15.9 Å². The molecule has 1 aromatic carbocycles. The number of aromatic nitrogens is 2. The van der Waals surface area contributed by atoms with E-state index in [-0.39, 0.29) is 18.1 Å². The summed E-state index contributed by atoms with van der Waals surface area (Å²) in [5.74, 6) is -0.217. The molecule has 124 valence electrons. The number of likely N-dealkylation sites (tertiary alicyclic amines) is 1. The van der Waals surface area contributed by atoms with Crippen molar-refractivity contribution in [3.63, 3.8) is 0 Å². The van der Waals surface area contributed by atoms with Crippen LogP contribution >= 0.6 is 0 Å². The van der Waals surface area contributed by atoms with Crippen molar-refractivity contribution in [1.29, 1.82) is 0 Å². The molecule has 0 N–H and O–H groups in total. The van der Waals surface area contributed by atoms with Gasteiger partial charge in [-0.2, -0.15) is 0 Å². The fourth-order valence-electron chi connectivity index (χ4n) is 3.39. The molecule has 24 heavy (non-hydrogen) atoms. The lowest BCUT2D eigenvalue weighted by Gasteiger charge is -2.25. The van der Waals surface area contributed by atoms with Crippen LogP contribution in [-0.4, -0.2) is 58.0 Å². The van der Waals surface area contributed by atoms with E-state index in [0.717, 1.165) is 5.56 Å². The highest BCUT2D eigenvalue weighted by Crippen LogP contribution is 2.31. The molecule has 1 saturated heterocycles. The number of amides is 1. The van der Waals surface area contributed by atoms with Gasteiger partial charge in [-0.05, 0) is 12.1 Å². The molecule has 7 heteroatoms. The van der Waals surface area contributed by atoms with Crippen molar-refractivity contribution < 1.29 is 13.9 Å². The minimum atomic E-state index is -0.404. The van der Waals surface area contributed by atoms with Crippen molar-refractivity contribution in [2.45, 2.75) is 18.7 Å². The standard InChI is InChI=1S/C17H17FN4O2/c1-21-14-8-22(7-11-5-19-10-20-6-11)9-16(14)24-15-4-12(18)2-3-13(15)17(21)23/h2-6,10,14,16H,7-9H2,1H3/t14-,16+/m1/s1. The second-order valence-corrected chi connectivity index (χ2v) is 6.22. The number of hydrogen-bond acceptors (Lipinski definition) is 5. The summed E-state index contributed by atoms with van der Waals surface area (Å²) in [7, 11) is 1.77. The normalized spacial score (nSPS) is 23.4. The van der Waals surface area contributed by atoms with Crippen LogP contribution in [-0.2, 0) is 6.54 Å². The molecular weight excluding hydrogens is 311 g/mol. The topological polar surface area (TPSA) is 58.6 Å². The minimum absolute atomic E-state index is 0.0717. The van der Waals surface area contributed by atoms with Gasteiger partial charge in [-0.1, -0.05) is 0 Å². The highest BCUT2D eigenvalue weighted by molar-refractivity contribution is 5.97. The zero-order valence-corrected chi connectivity index (χ0v) is 13.2. The summed E-state index contributed by atoms with van der Waals surface area (Å²) in [5.41, 5.74) is 1.42. The SMILES string of the molecule is CN1C(=O)c2ccc(F)cc2O[C@H]2CN(Cc3cncnc3)C[C@H]21. The number of likely N-dealkylation sites (N-methyl/N-ethyl adjacent to an activating group) is 1. The lowest BCUT2D eigenvalue weighted by Crippen LogP contribution is -2.44. The number of rotatable bonds is 2. The molecule has 6 nitrogen and oxygen atoms in total. The maximum atomic E-state index is 13.5. The third-order valence-corrected chi connectivity index (χ3v) is 4.60. The summed E-state index contributed by atoms with van der Waals surface area (Å²) in [4.78, 5) is 24.6. The second-order valence-electron chi connectivity index (χ2n) is 6.22. The number of carbonyl (C=O) groups excluding carboxylic acids is 1. The van der Waals surface area contributed by atoms with E-state index in [1.54, 1.807) is 24.3 Å². The van der Waals surface area contributed by atoms with Crippen LogP contribution in [0.15, 0.2) is 36.9 Å². The highest BCUT2D eigenvalue weighted by atomic mass is 19.1. The number of nitrogens with zero attached hydrogens (tertiary/aromatic N) is 4. The Hall–Kier alpha value is -2.54. The Labute approximate surface area is 138 Å². The molecule has 1 aromatic heterocycles. The second kappa shape index (κ2) is 5.83. The Balaban J connectivity index is 1.58. The van der Waals surface area contributed by atoms with Crippen LogP contribution in [0.4, 0.5) is 4.39 Å². The van der Waals surface area contributed by atoms with Gasteiger partial charge in [-0.25, -0.2) is 14.4 Å². The van der Waals surface area contributed by atoms with Crippen LogP contribution in [0, 0.1) is 5.82 Å². The number of hydrogen-bond donors (Lipinski definition) is 0. The van der Waals surface area contributed by atoms with E-state index in [1.165, 1.54) is 24.5 Å². The largest absolute Gasteiger partial charge is 0.486 e. The maximum absolute atomic E-state index is 13.5. The Morgan fingerprint density at radius 3 is 2.88 bits per heavy atom. The summed E-state index contributed by atoms with van der Waals surface area (Å²) in [6, 6.07) is 4.00. The first-order chi connectivity index (χ1) is 11.6. The molecule has 0 radical (unpaired) electrons. The summed E-state index contributed by atoms with van der Waals surface area (Å²) >= 11 is 0. The van der Waals surface area contributed by atoms with Crippen LogP contribution in [0.2, 0.25) is 0 Å². The molecule has 0 bridgehead atoms. The van der Waals surface area contributed by atoms with Gasteiger partial charge >= 0.3 is 0 Å². The first-order valence-electron chi connectivity index (χ1n) is 7.81. The van der Waals surface area contributed by atoms with Crippen molar-refractivity contribution in [3.8, 4) is 5.75 Å². The van der Waals surface area contributed by atoms with E-state index < -0.39 is 5.82 Å². The van der Waals surface area contributed by atoms with Crippen molar-refractivity contribution in [2.24, 2.45) is 0 Å². The van der Waals surface area contributed by atoms with Gasteiger partial charge < -0.3 is 9.64 Å². The van der Waals surface area contributed by atoms with Gasteiger partial charge in [-0.15, -0.1) is 0 Å². The summed E-state index contributed by atoms with van der Waals surface area (Å²) in [5, 5.41) is 0. The van der Waals surface area contributed by atoms with E-state index in [2.05, 4.69) is 14.9 Å². The quantitative estimate of drug-likeness (QED) is 0.832. The molecule has 1 amide bonds. The summed E-state index contributed by atoms with van der Waals surface area (Å²) in [6.45, 7) is 2.04. The van der Waals surface area contributed by atoms with Gasteiger partial charge in [0, 0.05) is 50.7 Å². The maximum Gasteiger partial charge on any atom is 0.257 e. The Morgan fingerprint density at radius 2 is 2.08 bits per heavy atom. The molecule has 0 spiro atoms. The smallest absolute Gasteiger partial charge is 0.257 e. The number of halogens is 1. The van der Waals surface area contributed by atoms with Crippen molar-refractivity contribution in [1.82, 2.24) is 19.8 Å². The number of ether oxygens (including phenoxy) is 1. The molecule has 2 aromatic rings. The zero-order valence-electron chi connectivity index (χ0n) is 13.2. The molecule has 2 aliphatic rings. The van der Waals surface area contributed by atoms with Gasteiger partial charge in [0.2, 0.25) is 0 Å². The molecule has 0 aliphatic carbocycles. The van der Waals surface area contributed by atoms with Gasteiger partial charge in [0.05, 0.1) is 11.6 Å². The van der Waals surface area contributed by atoms with Gasteiger partial charge in [0.25, 0.3) is 5.91 Å². The average molecular weight is 328 g/mol. The monoisotopic (exact) mass is 328 g/mol. The van der Waals surface area contributed by atoms with E-state index >= 15 is 0 Å². The van der Waals surface area contributed by atoms with Gasteiger partial charge in [-0.3, -0.25) is 9.69 Å². The Morgan fingerprint density at radius 1 is 1.29 bits per heavy atom. The number of benzene rings is 1. The summed E-state index contributed by atoms with van der Waals surface area (Å²) < 4.78 is 19.5. The molecular formula is C17H17FN4O2. The fourth-order valence-corrected chi connectivity index (χ4v) is 3.39. The lowest BCUT2D eigenvalue weighted by molar-refractivity contribution is 0.0682. The van der Waals surface area contributed by atoms with E-state index in [0.29, 0.717) is 30.9 Å².